The van der Waals surface area contributed by atoms with E-state index in [2.05, 4.69) is 79.8 Å². The van der Waals surface area contributed by atoms with E-state index in [9.17, 15) is 28.4 Å². The number of carbonyl (C=O) groups excluding carboxylic acids is 1. The molecule has 388 valence electrons. The fourth-order valence-electron chi connectivity index (χ4n) is 12.8. The molecule has 5 aromatic rings. The zero-order valence-corrected chi connectivity index (χ0v) is 43.2. The number of amides is 1. The van der Waals surface area contributed by atoms with Crippen LogP contribution in [0, 0.1) is 21.4 Å². The van der Waals surface area contributed by atoms with Crippen LogP contribution in [0.2, 0.25) is 0 Å². The summed E-state index contributed by atoms with van der Waals surface area (Å²) in [6, 6.07) is 22.8. The van der Waals surface area contributed by atoms with Crippen molar-refractivity contribution >= 4 is 55.4 Å². The number of hydrogen-bond donors (Lipinski definition) is 4. The third-order valence-electron chi connectivity index (χ3n) is 17.2. The van der Waals surface area contributed by atoms with E-state index in [0.717, 1.165) is 75.5 Å². The highest BCUT2D eigenvalue weighted by atomic mass is 32.2. The average Bonchev–Trinajstić information content (AvgIpc) is 3.83. The van der Waals surface area contributed by atoms with Crippen LogP contribution in [0.5, 0.6) is 5.88 Å². The van der Waals surface area contributed by atoms with Crippen LogP contribution < -0.4 is 24.6 Å². The second-order valence-electron chi connectivity index (χ2n) is 22.4. The molecule has 1 amide bonds. The number of nitrogens with zero attached hydrogens (tertiary/aromatic N) is 6. The largest absolute Gasteiger partial charge is 0.468 e. The number of aromatic nitrogens is 2. The van der Waals surface area contributed by atoms with Gasteiger partial charge in [0.2, 0.25) is 5.88 Å². The molecule has 4 aliphatic heterocycles. The minimum absolute atomic E-state index is 0.120. The van der Waals surface area contributed by atoms with Gasteiger partial charge in [0, 0.05) is 81.3 Å². The Morgan fingerprint density at radius 1 is 0.973 bits per heavy atom. The number of pyridine rings is 1. The Balaban J connectivity index is 0.864. The molecule has 73 heavy (non-hydrogen) atoms. The summed E-state index contributed by atoms with van der Waals surface area (Å²) in [5.74, 6) is 0.155. The predicted molar refractivity (Wildman–Crippen MR) is 282 cm³/mol. The zero-order valence-electron chi connectivity index (χ0n) is 42.4. The number of aliphatic hydroxyl groups is 1. The third-order valence-corrected chi connectivity index (χ3v) is 18.5. The van der Waals surface area contributed by atoms with Crippen LogP contribution in [-0.2, 0) is 14.8 Å². The number of piperidine rings is 1. The lowest BCUT2D eigenvalue weighted by Crippen LogP contribution is -2.59. The lowest BCUT2D eigenvalue weighted by atomic mass is 9.59. The Hall–Kier alpha value is -5.79. The molecule has 11 rings (SSSR count). The highest BCUT2D eigenvalue weighted by Crippen LogP contribution is 2.54. The SMILES string of the molecule is CC(C)c1ccccc1[C@@H]1CN(C)CCN1C1CC2(CCN(c3ccc(C(=O)NS(=O)(=O)c4ccc(NC[C@H]5CC[C@](C)(O)CC5)c([N+](=O)[O-])c4)c(N4c5cc6cc[nH]c6nc5O[C@H]5COCC[C@@H]54)c3)CC2)C1. The number of hydrogen-bond acceptors (Lipinski definition) is 14. The molecule has 5 fully saturated rings. The Kier molecular flexibility index (Phi) is 13.2. The monoisotopic (exact) mass is 1020 g/mol. The molecule has 0 unspecified atom stereocenters. The molecule has 6 heterocycles. The van der Waals surface area contributed by atoms with Crippen LogP contribution in [-0.4, -0.2) is 127 Å². The van der Waals surface area contributed by atoms with Crippen LogP contribution in [0.1, 0.15) is 112 Å². The number of nitrogens with one attached hydrogen (secondary N) is 3. The molecule has 17 nitrogen and oxygen atoms in total. The molecule has 2 saturated carbocycles. The molecule has 2 aromatic heterocycles. The van der Waals surface area contributed by atoms with Gasteiger partial charge in [-0.1, -0.05) is 38.1 Å². The Bertz CT molecular complexity index is 2990. The number of benzene rings is 3. The highest BCUT2D eigenvalue weighted by molar-refractivity contribution is 7.90. The molecule has 6 aliphatic rings. The van der Waals surface area contributed by atoms with Gasteiger partial charge in [0.1, 0.15) is 23.1 Å². The summed E-state index contributed by atoms with van der Waals surface area (Å²) < 4.78 is 43.1. The van der Waals surface area contributed by atoms with E-state index in [1.54, 1.807) is 6.07 Å². The number of aromatic amines is 1. The van der Waals surface area contributed by atoms with E-state index in [1.165, 1.54) is 36.1 Å². The number of carbonyl (C=O) groups is 1. The van der Waals surface area contributed by atoms with E-state index in [1.807, 2.05) is 37.4 Å². The number of rotatable bonds is 12. The maximum atomic E-state index is 14.7. The van der Waals surface area contributed by atoms with Gasteiger partial charge in [-0.25, -0.2) is 13.1 Å². The van der Waals surface area contributed by atoms with E-state index < -0.39 is 43.1 Å². The van der Waals surface area contributed by atoms with Gasteiger partial charge in [0.05, 0.1) is 39.3 Å². The number of fused-ring (bicyclic) bond motifs is 3. The number of anilines is 4. The maximum absolute atomic E-state index is 14.7. The molecular weight excluding hydrogens is 947 g/mol. The van der Waals surface area contributed by atoms with Crippen molar-refractivity contribution in [2.24, 2.45) is 11.3 Å². The summed E-state index contributed by atoms with van der Waals surface area (Å²) in [5.41, 5.74) is 5.06. The van der Waals surface area contributed by atoms with E-state index in [4.69, 9.17) is 14.5 Å². The number of piperazine rings is 1. The van der Waals surface area contributed by atoms with Gasteiger partial charge in [0.25, 0.3) is 21.6 Å². The second-order valence-corrected chi connectivity index (χ2v) is 24.1. The van der Waals surface area contributed by atoms with Crippen molar-refractivity contribution in [1.82, 2.24) is 24.5 Å². The second kappa shape index (κ2) is 19.5. The van der Waals surface area contributed by atoms with Crippen LogP contribution in [0.25, 0.3) is 11.0 Å². The number of sulfonamides is 1. The molecule has 4 N–H and O–H groups in total. The number of nitro groups is 1. The first-order chi connectivity index (χ1) is 35.0. The van der Waals surface area contributed by atoms with Crippen LogP contribution in [0.4, 0.5) is 28.4 Å². The summed E-state index contributed by atoms with van der Waals surface area (Å²) in [6.07, 6.45) is 9.20. The third kappa shape index (κ3) is 9.76. The summed E-state index contributed by atoms with van der Waals surface area (Å²) >= 11 is 0. The highest BCUT2D eigenvalue weighted by Gasteiger charge is 2.50. The molecule has 0 radical (unpaired) electrons. The molecule has 3 atom stereocenters. The van der Waals surface area contributed by atoms with Crippen molar-refractivity contribution in [1.29, 1.82) is 0 Å². The van der Waals surface area contributed by atoms with Crippen molar-refractivity contribution in [2.75, 3.05) is 74.6 Å². The maximum Gasteiger partial charge on any atom is 0.293 e. The Labute approximate surface area is 427 Å². The lowest BCUT2D eigenvalue weighted by Gasteiger charge is -2.58. The number of H-pyrrole nitrogens is 1. The summed E-state index contributed by atoms with van der Waals surface area (Å²) in [5, 5.41) is 26.8. The normalized spacial score (nSPS) is 25.7. The minimum Gasteiger partial charge on any atom is -0.468 e. The summed E-state index contributed by atoms with van der Waals surface area (Å²) in [7, 11) is -2.38. The first-order valence-electron chi connectivity index (χ1n) is 26.3. The average molecular weight is 1020 g/mol. The standard InChI is InChI=1S/C55H69N9O8S/c1-35(2)41-7-5-6-8-42(41)49-33-60(4)24-25-62(49)39-30-55(31-39)19-22-61(23-20-55)38-9-11-43(46(28-38)63-45-16-26-71-34-50(45)72-53-48(63)27-37-15-21-56-51(37)58-53)52(65)59-73(69,70)40-10-12-44(47(29-40)64(67)68)57-32-36-13-17-54(3,66)18-14-36/h5-12,15,21,27-29,35-36,39,45,49-50,57,66H,13-14,16-20,22-26,30-34H2,1-4H3,(H,56,58)(H,59,65)/t36-,45-,49-,50-,54-/m0/s1. The van der Waals surface area contributed by atoms with Gasteiger partial charge in [-0.15, -0.1) is 0 Å². The van der Waals surface area contributed by atoms with Crippen molar-refractivity contribution in [3.63, 3.8) is 0 Å². The summed E-state index contributed by atoms with van der Waals surface area (Å²) in [6.45, 7) is 12.4. The fraction of sp³-hybridized carbons (Fsp3) is 0.527. The first kappa shape index (κ1) is 49.4. The van der Waals surface area contributed by atoms with Gasteiger partial charge >= 0.3 is 0 Å². The fourth-order valence-corrected chi connectivity index (χ4v) is 13.8. The molecule has 3 aromatic carbocycles. The van der Waals surface area contributed by atoms with Crippen LogP contribution >= 0.6 is 0 Å². The first-order valence-corrected chi connectivity index (χ1v) is 27.8. The Morgan fingerprint density at radius 3 is 2.52 bits per heavy atom. The van der Waals surface area contributed by atoms with Crippen molar-refractivity contribution in [3.05, 3.63) is 106 Å². The van der Waals surface area contributed by atoms with E-state index >= 15 is 0 Å². The molecule has 18 heteroatoms. The van der Waals surface area contributed by atoms with Gasteiger partial charge in [-0.2, -0.15) is 4.98 Å². The van der Waals surface area contributed by atoms with Gasteiger partial charge in [-0.05, 0) is 143 Å². The zero-order chi connectivity index (χ0) is 50.8. The van der Waals surface area contributed by atoms with E-state index in [0.29, 0.717) is 79.9 Å². The predicted octanol–water partition coefficient (Wildman–Crippen LogP) is 8.49. The quantitative estimate of drug-likeness (QED) is 0.0685. The van der Waals surface area contributed by atoms with Gasteiger partial charge in [-0.3, -0.25) is 19.8 Å². The van der Waals surface area contributed by atoms with Crippen molar-refractivity contribution in [2.45, 2.75) is 119 Å². The minimum atomic E-state index is -4.62. The topological polar surface area (TPSA) is 199 Å². The Morgan fingerprint density at radius 2 is 1.75 bits per heavy atom. The smallest absolute Gasteiger partial charge is 0.293 e. The van der Waals surface area contributed by atoms with Crippen molar-refractivity contribution in [3.8, 4) is 5.88 Å². The molecule has 2 aliphatic carbocycles. The van der Waals surface area contributed by atoms with Crippen LogP contribution in [0.15, 0.2) is 83.9 Å². The number of likely N-dealkylation sites (N-methyl/N-ethyl adjacent to an activating group) is 1. The van der Waals surface area contributed by atoms with Crippen molar-refractivity contribution < 1.29 is 32.7 Å². The molecule has 1 spiro atoms. The van der Waals surface area contributed by atoms with E-state index in [-0.39, 0.29) is 28.6 Å². The lowest BCUT2D eigenvalue weighted by molar-refractivity contribution is -0.384. The summed E-state index contributed by atoms with van der Waals surface area (Å²) in [4.78, 5) is 43.9. The number of nitro benzene ring substituents is 1. The van der Waals surface area contributed by atoms with Crippen LogP contribution in [0.3, 0.4) is 0 Å². The van der Waals surface area contributed by atoms with Gasteiger partial charge in [0.15, 0.2) is 0 Å². The molecule has 0 bridgehead atoms. The number of ether oxygens (including phenoxy) is 2. The molecule has 3 saturated heterocycles. The molecular formula is C55H69N9O8S. The van der Waals surface area contributed by atoms with Gasteiger partial charge < -0.3 is 39.6 Å².